The van der Waals surface area contributed by atoms with Crippen LogP contribution in [0.15, 0.2) is 84.6 Å². The van der Waals surface area contributed by atoms with Crippen LogP contribution in [-0.2, 0) is 32.1 Å². The van der Waals surface area contributed by atoms with Gasteiger partial charge in [-0.05, 0) is 49.3 Å². The van der Waals surface area contributed by atoms with Gasteiger partial charge in [0.2, 0.25) is 5.91 Å². The minimum absolute atomic E-state index is 0.0630. The molecule has 0 radical (unpaired) electrons. The summed E-state index contributed by atoms with van der Waals surface area (Å²) in [5.74, 6) is -3.23. The number of nitrogens with two attached hydrogens (primary N) is 1. The van der Waals surface area contributed by atoms with E-state index < -0.39 is 29.3 Å². The molecule has 3 atom stereocenters. The van der Waals surface area contributed by atoms with E-state index in [1.165, 1.54) is 4.90 Å². The fraction of sp³-hybridized carbons (Fsp3) is 0.367. The number of carboxylic acid groups (broad SMARTS) is 1. The number of fused-ring (bicyclic) bond motifs is 1. The summed E-state index contributed by atoms with van der Waals surface area (Å²) in [6, 6.07) is 18.9. The van der Waals surface area contributed by atoms with Gasteiger partial charge in [-0.3, -0.25) is 14.4 Å². The smallest absolute Gasteiger partial charge is 0.326 e. The Morgan fingerprint density at radius 2 is 1.76 bits per heavy atom. The Hall–Kier alpha value is -3.71. The van der Waals surface area contributed by atoms with Gasteiger partial charge >= 0.3 is 11.9 Å². The van der Waals surface area contributed by atoms with Crippen LogP contribution in [0.3, 0.4) is 0 Å². The second kappa shape index (κ2) is 12.0. The van der Waals surface area contributed by atoms with Gasteiger partial charge in [-0.2, -0.15) is 0 Å². The Morgan fingerprint density at radius 1 is 1.08 bits per heavy atom. The van der Waals surface area contributed by atoms with Crippen molar-refractivity contribution in [1.29, 1.82) is 0 Å². The minimum atomic E-state index is -1.65. The van der Waals surface area contributed by atoms with Crippen LogP contribution >= 0.6 is 0 Å². The lowest BCUT2D eigenvalue weighted by atomic mass is 9.73. The average molecular weight is 503 g/mol. The maximum atomic E-state index is 14.1. The summed E-state index contributed by atoms with van der Waals surface area (Å²) in [7, 11) is 0. The van der Waals surface area contributed by atoms with Crippen molar-refractivity contribution in [2.24, 2.45) is 17.6 Å². The Balaban J connectivity index is 1.58. The quantitative estimate of drug-likeness (QED) is 0.497. The number of carboxylic acids is 1. The molecule has 1 saturated heterocycles. The van der Waals surface area contributed by atoms with E-state index >= 15 is 0 Å². The number of carbonyl (C=O) groups excluding carboxylic acids is 2. The summed E-state index contributed by atoms with van der Waals surface area (Å²) < 4.78 is 5.48. The molecule has 0 spiro atoms. The SMILES string of the molecule is NC1(C(CCc2ccccc2)C(=O)O)CCCC2CC=CC=C2N(CC(=O)OCc2ccccc2)C1=O. The third-order valence-electron chi connectivity index (χ3n) is 7.35. The monoisotopic (exact) mass is 502 g/mol. The van der Waals surface area contributed by atoms with E-state index in [4.69, 9.17) is 10.5 Å². The van der Waals surface area contributed by atoms with Gasteiger partial charge in [0.05, 0.1) is 5.92 Å². The van der Waals surface area contributed by atoms with Crippen molar-refractivity contribution >= 4 is 17.8 Å². The number of aliphatic carboxylic acids is 1. The Morgan fingerprint density at radius 3 is 2.43 bits per heavy atom. The van der Waals surface area contributed by atoms with E-state index in [1.54, 1.807) is 0 Å². The highest BCUT2D eigenvalue weighted by molar-refractivity contribution is 5.94. The molecule has 1 heterocycles. The molecule has 194 valence electrons. The van der Waals surface area contributed by atoms with Crippen LogP contribution in [0.2, 0.25) is 0 Å². The van der Waals surface area contributed by atoms with Crippen molar-refractivity contribution in [2.75, 3.05) is 6.54 Å². The predicted octanol–water partition coefficient (Wildman–Crippen LogP) is 4.23. The lowest BCUT2D eigenvalue weighted by Crippen LogP contribution is -2.63. The summed E-state index contributed by atoms with van der Waals surface area (Å²) in [6.45, 7) is -0.224. The Kier molecular flexibility index (Phi) is 8.56. The van der Waals surface area contributed by atoms with Gasteiger partial charge in [0.1, 0.15) is 18.7 Å². The first-order chi connectivity index (χ1) is 17.9. The van der Waals surface area contributed by atoms with Gasteiger partial charge in [-0.15, -0.1) is 0 Å². The molecule has 4 rings (SSSR count). The first-order valence-corrected chi connectivity index (χ1v) is 12.8. The number of likely N-dealkylation sites (tertiary alicyclic amines) is 1. The first-order valence-electron chi connectivity index (χ1n) is 12.8. The third-order valence-corrected chi connectivity index (χ3v) is 7.35. The molecule has 1 amide bonds. The van der Waals surface area contributed by atoms with E-state index in [1.807, 2.05) is 78.9 Å². The molecule has 3 unspecified atom stereocenters. The standard InChI is InChI=1S/C30H34N2O5/c31-30(25(28(34)35)18-17-22-10-3-1-4-11-22)19-9-15-24-14-7-8-16-26(24)32(29(30)36)20-27(33)37-21-23-12-5-2-6-13-23/h1-8,10-13,16,24-25H,9,14-15,17-21,31H2,(H,34,35). The summed E-state index contributed by atoms with van der Waals surface area (Å²) in [4.78, 5) is 40.9. The van der Waals surface area contributed by atoms with E-state index in [0.29, 0.717) is 18.5 Å². The number of hydrogen-bond acceptors (Lipinski definition) is 5. The average Bonchev–Trinajstić information content (AvgIpc) is 2.91. The lowest BCUT2D eigenvalue weighted by Gasteiger charge is -2.43. The maximum absolute atomic E-state index is 14.1. The number of esters is 1. The highest BCUT2D eigenvalue weighted by Crippen LogP contribution is 2.37. The summed E-state index contributed by atoms with van der Waals surface area (Å²) in [6.07, 6.45) is 8.81. The van der Waals surface area contributed by atoms with E-state index in [0.717, 1.165) is 24.0 Å². The molecular weight excluding hydrogens is 468 g/mol. The molecule has 0 bridgehead atoms. The summed E-state index contributed by atoms with van der Waals surface area (Å²) in [5, 5.41) is 10.2. The van der Waals surface area contributed by atoms with Gasteiger partial charge in [-0.25, -0.2) is 0 Å². The molecule has 2 aromatic rings. The molecule has 1 fully saturated rings. The zero-order valence-corrected chi connectivity index (χ0v) is 20.9. The van der Waals surface area contributed by atoms with Crippen molar-refractivity contribution in [3.05, 3.63) is 95.7 Å². The van der Waals surface area contributed by atoms with E-state index in [-0.39, 0.29) is 31.9 Å². The largest absolute Gasteiger partial charge is 0.481 e. The van der Waals surface area contributed by atoms with Crippen molar-refractivity contribution in [1.82, 2.24) is 4.90 Å². The number of rotatable bonds is 9. The maximum Gasteiger partial charge on any atom is 0.326 e. The third kappa shape index (κ3) is 6.35. The number of allylic oxidation sites excluding steroid dienone is 4. The van der Waals surface area contributed by atoms with Crippen LogP contribution in [-0.4, -0.2) is 39.9 Å². The number of hydrogen-bond donors (Lipinski definition) is 2. The van der Waals surface area contributed by atoms with Crippen molar-refractivity contribution in [3.63, 3.8) is 0 Å². The Bertz CT molecular complexity index is 1160. The summed E-state index contributed by atoms with van der Waals surface area (Å²) >= 11 is 0. The normalized spacial score (nSPS) is 22.3. The summed E-state index contributed by atoms with van der Waals surface area (Å²) in [5.41, 5.74) is 7.64. The van der Waals surface area contributed by atoms with Crippen LogP contribution in [0.4, 0.5) is 0 Å². The molecule has 1 aliphatic carbocycles. The number of carbonyl (C=O) groups is 3. The molecule has 7 heteroatoms. The number of ether oxygens (including phenoxy) is 1. The number of nitrogens with zero attached hydrogens (tertiary/aromatic N) is 1. The zero-order valence-electron chi connectivity index (χ0n) is 20.9. The van der Waals surface area contributed by atoms with Crippen LogP contribution in [0.25, 0.3) is 0 Å². The first kappa shape index (κ1) is 26.4. The van der Waals surface area contributed by atoms with Crippen LogP contribution < -0.4 is 5.73 Å². The lowest BCUT2D eigenvalue weighted by molar-refractivity contribution is -0.156. The van der Waals surface area contributed by atoms with E-state index in [2.05, 4.69) is 0 Å². The molecule has 37 heavy (non-hydrogen) atoms. The molecule has 3 N–H and O–H groups in total. The van der Waals surface area contributed by atoms with Gasteiger partial charge < -0.3 is 20.5 Å². The highest BCUT2D eigenvalue weighted by atomic mass is 16.5. The Labute approximate surface area is 217 Å². The van der Waals surface area contributed by atoms with Gasteiger partial charge in [0.15, 0.2) is 0 Å². The second-order valence-electron chi connectivity index (χ2n) is 9.84. The molecular formula is C30H34N2O5. The van der Waals surface area contributed by atoms with Crippen molar-refractivity contribution in [3.8, 4) is 0 Å². The topological polar surface area (TPSA) is 110 Å². The van der Waals surface area contributed by atoms with Gasteiger partial charge in [0.25, 0.3) is 0 Å². The number of aryl methyl sites for hydroxylation is 1. The minimum Gasteiger partial charge on any atom is -0.481 e. The fourth-order valence-electron chi connectivity index (χ4n) is 5.32. The number of amides is 1. The molecule has 2 aliphatic rings. The van der Waals surface area contributed by atoms with Crippen LogP contribution in [0.1, 0.15) is 43.2 Å². The molecule has 1 aliphatic heterocycles. The molecule has 0 saturated carbocycles. The van der Waals surface area contributed by atoms with Crippen LogP contribution in [0, 0.1) is 11.8 Å². The number of benzene rings is 2. The van der Waals surface area contributed by atoms with E-state index in [9.17, 15) is 19.5 Å². The zero-order chi connectivity index (χ0) is 26.3. The highest BCUT2D eigenvalue weighted by Gasteiger charge is 2.50. The van der Waals surface area contributed by atoms with Crippen LogP contribution in [0.5, 0.6) is 0 Å². The second-order valence-corrected chi connectivity index (χ2v) is 9.84. The van der Waals surface area contributed by atoms with Gasteiger partial charge in [-0.1, -0.05) is 79.2 Å². The fourth-order valence-corrected chi connectivity index (χ4v) is 5.32. The molecule has 0 aromatic heterocycles. The molecule has 7 nitrogen and oxygen atoms in total. The predicted molar refractivity (Wildman–Crippen MR) is 140 cm³/mol. The molecule has 2 aromatic carbocycles. The van der Waals surface area contributed by atoms with Crippen molar-refractivity contribution < 1.29 is 24.2 Å². The van der Waals surface area contributed by atoms with Crippen molar-refractivity contribution in [2.45, 2.75) is 50.7 Å². The van der Waals surface area contributed by atoms with Gasteiger partial charge in [0, 0.05) is 11.6 Å².